The fourth-order valence-corrected chi connectivity index (χ4v) is 6.30. The zero-order valence-corrected chi connectivity index (χ0v) is 24.4. The zero-order chi connectivity index (χ0) is 29.1. The van der Waals surface area contributed by atoms with E-state index in [0.717, 1.165) is 47.6 Å². The molecule has 218 valence electrons. The maximum atomic E-state index is 14.0. The second-order valence-electron chi connectivity index (χ2n) is 11.7. The molecule has 2 saturated heterocycles. The Labute approximate surface area is 242 Å². The molecule has 9 nitrogen and oxygen atoms in total. The number of aromatic nitrogens is 2. The van der Waals surface area contributed by atoms with Gasteiger partial charge in [-0.25, -0.2) is 4.39 Å². The summed E-state index contributed by atoms with van der Waals surface area (Å²) in [6, 6.07) is 7.74. The third-order valence-electron chi connectivity index (χ3n) is 8.57. The highest BCUT2D eigenvalue weighted by atomic mass is 19.1. The van der Waals surface area contributed by atoms with Crippen molar-refractivity contribution in [2.75, 3.05) is 44.7 Å². The molecule has 0 aliphatic carbocycles. The van der Waals surface area contributed by atoms with Gasteiger partial charge in [-0.3, -0.25) is 9.69 Å². The van der Waals surface area contributed by atoms with Crippen molar-refractivity contribution in [2.45, 2.75) is 70.7 Å². The third-order valence-corrected chi connectivity index (χ3v) is 8.57. The van der Waals surface area contributed by atoms with Gasteiger partial charge in [0.15, 0.2) is 0 Å². The molecule has 2 fully saturated rings. The van der Waals surface area contributed by atoms with E-state index in [-0.39, 0.29) is 30.1 Å². The number of carbonyl (C=O) groups is 1. The van der Waals surface area contributed by atoms with Gasteiger partial charge in [-0.2, -0.15) is 15.2 Å². The van der Waals surface area contributed by atoms with E-state index in [1.165, 1.54) is 12.1 Å². The highest BCUT2D eigenvalue weighted by molar-refractivity contribution is 5.87. The van der Waals surface area contributed by atoms with Crippen molar-refractivity contribution in [3.63, 3.8) is 0 Å². The van der Waals surface area contributed by atoms with E-state index in [9.17, 15) is 14.4 Å². The van der Waals surface area contributed by atoms with Gasteiger partial charge in [0.05, 0.1) is 24.2 Å². The minimum absolute atomic E-state index is 0.158. The van der Waals surface area contributed by atoms with Gasteiger partial charge in [-0.1, -0.05) is 26.5 Å². The van der Waals surface area contributed by atoms with E-state index >= 15 is 0 Å². The van der Waals surface area contributed by atoms with Crippen molar-refractivity contribution in [3.05, 3.63) is 59.1 Å². The summed E-state index contributed by atoms with van der Waals surface area (Å²) in [5.41, 5.74) is 4.09. The summed E-state index contributed by atoms with van der Waals surface area (Å²) >= 11 is 0. The lowest BCUT2D eigenvalue weighted by Gasteiger charge is -2.41. The van der Waals surface area contributed by atoms with Gasteiger partial charge in [-0.15, -0.1) is 0 Å². The number of benzene rings is 1. The van der Waals surface area contributed by atoms with Gasteiger partial charge in [0.1, 0.15) is 18.2 Å². The molecule has 1 amide bonds. The van der Waals surface area contributed by atoms with Crippen LogP contribution in [0.15, 0.2) is 30.9 Å². The van der Waals surface area contributed by atoms with Crippen LogP contribution in [0, 0.1) is 17.1 Å². The number of hydrogen-bond acceptors (Lipinski definition) is 8. The number of anilines is 1. The van der Waals surface area contributed by atoms with Gasteiger partial charge in [0, 0.05) is 50.9 Å². The van der Waals surface area contributed by atoms with Crippen molar-refractivity contribution in [1.82, 2.24) is 24.7 Å². The molecule has 0 saturated carbocycles. The summed E-state index contributed by atoms with van der Waals surface area (Å²) in [5, 5.41) is 9.48. The highest BCUT2D eigenvalue weighted by Crippen LogP contribution is 2.34. The lowest BCUT2D eigenvalue weighted by atomic mass is 9.97. The molecule has 0 N–H and O–H groups in total. The summed E-state index contributed by atoms with van der Waals surface area (Å²) in [6.07, 6.45) is 3.79. The molecule has 1 aromatic heterocycles. The molecule has 5 rings (SSSR count). The largest absolute Gasteiger partial charge is 0.462 e. The summed E-state index contributed by atoms with van der Waals surface area (Å²) in [6.45, 7) is 12.9. The molecule has 2 aromatic rings. The summed E-state index contributed by atoms with van der Waals surface area (Å²) in [4.78, 5) is 30.8. The quantitative estimate of drug-likeness (QED) is 0.427. The molecular formula is C31H40FN7O2. The molecule has 41 heavy (non-hydrogen) atoms. The first-order valence-corrected chi connectivity index (χ1v) is 14.6. The number of likely N-dealkylation sites (N-methyl/N-ethyl adjacent to an activating group) is 1. The summed E-state index contributed by atoms with van der Waals surface area (Å²) in [5.74, 6) is 0.644. The van der Waals surface area contributed by atoms with Crippen molar-refractivity contribution < 1.29 is 13.9 Å². The van der Waals surface area contributed by atoms with E-state index < -0.39 is 0 Å². The number of amides is 1. The maximum Gasteiger partial charge on any atom is 0.318 e. The molecule has 0 spiro atoms. The third kappa shape index (κ3) is 6.36. The first-order chi connectivity index (χ1) is 19.8. The van der Waals surface area contributed by atoms with Crippen molar-refractivity contribution in [1.29, 1.82) is 5.26 Å². The van der Waals surface area contributed by atoms with E-state index in [2.05, 4.69) is 48.2 Å². The summed E-state index contributed by atoms with van der Waals surface area (Å²) in [7, 11) is 2.12. The topological polar surface area (TPSA) is 88.8 Å². The monoisotopic (exact) mass is 561 g/mol. The minimum Gasteiger partial charge on any atom is -0.462 e. The van der Waals surface area contributed by atoms with Gasteiger partial charge in [-0.05, 0) is 61.7 Å². The minimum atomic E-state index is -0.258. The van der Waals surface area contributed by atoms with Crippen LogP contribution in [-0.2, 0) is 24.4 Å². The number of likely N-dealkylation sites (tertiary alicyclic amines) is 1. The van der Waals surface area contributed by atoms with Crippen LogP contribution in [0.5, 0.6) is 6.01 Å². The first-order valence-electron chi connectivity index (χ1n) is 14.6. The predicted molar refractivity (Wildman–Crippen MR) is 155 cm³/mol. The van der Waals surface area contributed by atoms with E-state index in [1.807, 2.05) is 6.07 Å². The number of nitriles is 1. The Bertz CT molecular complexity index is 1330. The van der Waals surface area contributed by atoms with Crippen molar-refractivity contribution in [3.8, 4) is 12.1 Å². The zero-order valence-electron chi connectivity index (χ0n) is 24.4. The Kier molecular flexibility index (Phi) is 8.85. The standard InChI is InChI=1S/C31H40FN7O2/c1-5-29(40)39-14-13-38(17-24(39)10-11-33)30-27-18-37(16-22-8-9-23(32)15-26(22)21(2)3)19-28(27)34-31(35-30)41-20-25-7-6-12-36(25)4/h5,8-9,15,21,24-25H,1,6-7,10,12-14,16-20H2,2-4H3/t24-,25-/m0/s1. The number of nitrogens with zero attached hydrogens (tertiary/aromatic N) is 7. The van der Waals surface area contributed by atoms with Crippen LogP contribution in [0.2, 0.25) is 0 Å². The molecule has 10 heteroatoms. The van der Waals surface area contributed by atoms with Crippen LogP contribution in [0.3, 0.4) is 0 Å². The smallest absolute Gasteiger partial charge is 0.318 e. The Morgan fingerprint density at radius 2 is 2.07 bits per heavy atom. The van der Waals surface area contributed by atoms with Crippen molar-refractivity contribution in [2.24, 2.45) is 0 Å². The normalized spacial score (nSPS) is 21.3. The summed E-state index contributed by atoms with van der Waals surface area (Å²) < 4.78 is 20.2. The van der Waals surface area contributed by atoms with Crippen LogP contribution in [0.25, 0.3) is 0 Å². The van der Waals surface area contributed by atoms with E-state index in [4.69, 9.17) is 14.7 Å². The number of ether oxygens (including phenoxy) is 1. The molecule has 3 aliphatic heterocycles. The fourth-order valence-electron chi connectivity index (χ4n) is 6.30. The molecule has 1 aromatic carbocycles. The Balaban J connectivity index is 1.42. The molecule has 2 atom stereocenters. The molecule has 0 bridgehead atoms. The number of piperazine rings is 1. The maximum absolute atomic E-state index is 14.0. The first kappa shape index (κ1) is 29.0. The van der Waals surface area contributed by atoms with Crippen LogP contribution >= 0.6 is 0 Å². The Hall–Kier alpha value is -3.55. The number of halogens is 1. The number of hydrogen-bond donors (Lipinski definition) is 0. The van der Waals surface area contributed by atoms with Crippen LogP contribution in [0.4, 0.5) is 10.2 Å². The van der Waals surface area contributed by atoms with Crippen LogP contribution in [-0.4, -0.2) is 82.5 Å². The molecule has 4 heterocycles. The van der Waals surface area contributed by atoms with Gasteiger partial charge < -0.3 is 19.4 Å². The number of carbonyl (C=O) groups excluding carboxylic acids is 1. The van der Waals surface area contributed by atoms with E-state index in [1.54, 1.807) is 11.0 Å². The molecule has 0 unspecified atom stereocenters. The Morgan fingerprint density at radius 3 is 2.78 bits per heavy atom. The SMILES string of the molecule is C=CC(=O)N1CCN(c2nc(OC[C@@H]3CCCN3C)nc3c2CN(Cc2ccc(F)cc2C(C)C)C3)C[C@@H]1CC#N. The average molecular weight is 562 g/mol. The van der Waals surface area contributed by atoms with Gasteiger partial charge in [0.2, 0.25) is 5.91 Å². The highest BCUT2D eigenvalue weighted by Gasteiger charge is 2.34. The number of rotatable bonds is 9. The second kappa shape index (κ2) is 12.5. The van der Waals surface area contributed by atoms with Gasteiger partial charge in [0.25, 0.3) is 0 Å². The number of fused-ring (bicyclic) bond motifs is 1. The predicted octanol–water partition coefficient (Wildman–Crippen LogP) is 3.84. The molecule has 0 radical (unpaired) electrons. The van der Waals surface area contributed by atoms with Crippen LogP contribution < -0.4 is 9.64 Å². The molecular weight excluding hydrogens is 521 g/mol. The second-order valence-corrected chi connectivity index (χ2v) is 11.7. The average Bonchev–Trinajstić information content (AvgIpc) is 3.56. The lowest BCUT2D eigenvalue weighted by molar-refractivity contribution is -0.128. The lowest BCUT2D eigenvalue weighted by Crippen LogP contribution is -2.55. The Morgan fingerprint density at radius 1 is 1.24 bits per heavy atom. The fraction of sp³-hybridized carbons (Fsp3) is 0.548. The molecule has 3 aliphatic rings. The van der Waals surface area contributed by atoms with Gasteiger partial charge >= 0.3 is 6.01 Å². The van der Waals surface area contributed by atoms with E-state index in [0.29, 0.717) is 57.9 Å². The van der Waals surface area contributed by atoms with Crippen molar-refractivity contribution >= 4 is 11.7 Å². The van der Waals surface area contributed by atoms with Crippen LogP contribution in [0.1, 0.15) is 61.4 Å².